The first-order valence-corrected chi connectivity index (χ1v) is 7.47. The van der Waals surface area contributed by atoms with Crippen molar-refractivity contribution < 1.29 is 24.2 Å². The Morgan fingerprint density at radius 1 is 1.18 bits per heavy atom. The van der Waals surface area contributed by atoms with E-state index in [2.05, 4.69) is 0 Å². The van der Waals surface area contributed by atoms with Crippen LogP contribution in [-0.4, -0.2) is 54.6 Å². The molecule has 0 saturated carbocycles. The standard InChI is InChI=1S/C16H21NO5/c1-2-17(7-8-18)16(20)6-4-13(19)12-3-5-14-15(11-12)22-10-9-21-14/h3,5,11,18H,2,4,6-10H2,1H3. The molecule has 6 nitrogen and oxygen atoms in total. The predicted octanol–water partition coefficient (Wildman–Crippen LogP) is 1.26. The second-order valence-electron chi connectivity index (χ2n) is 4.98. The van der Waals surface area contributed by atoms with Gasteiger partial charge in [0, 0.05) is 31.5 Å². The van der Waals surface area contributed by atoms with Gasteiger partial charge >= 0.3 is 0 Å². The molecular weight excluding hydrogens is 286 g/mol. The van der Waals surface area contributed by atoms with Gasteiger partial charge < -0.3 is 19.5 Å². The van der Waals surface area contributed by atoms with E-state index in [1.165, 1.54) is 4.90 Å². The van der Waals surface area contributed by atoms with E-state index < -0.39 is 0 Å². The van der Waals surface area contributed by atoms with Gasteiger partial charge in [0.1, 0.15) is 13.2 Å². The van der Waals surface area contributed by atoms with E-state index in [1.807, 2.05) is 6.92 Å². The number of amides is 1. The second-order valence-corrected chi connectivity index (χ2v) is 4.98. The van der Waals surface area contributed by atoms with Gasteiger partial charge in [-0.2, -0.15) is 0 Å². The quantitative estimate of drug-likeness (QED) is 0.768. The normalized spacial score (nSPS) is 12.8. The SMILES string of the molecule is CCN(CCO)C(=O)CCC(=O)c1ccc2c(c1)OCCO2. The minimum Gasteiger partial charge on any atom is -0.486 e. The van der Waals surface area contributed by atoms with Gasteiger partial charge in [0.15, 0.2) is 17.3 Å². The highest BCUT2D eigenvalue weighted by molar-refractivity contribution is 5.98. The average molecular weight is 307 g/mol. The molecule has 0 radical (unpaired) electrons. The summed E-state index contributed by atoms with van der Waals surface area (Å²) in [5.74, 6) is 0.977. The Balaban J connectivity index is 1.93. The fourth-order valence-corrected chi connectivity index (χ4v) is 2.32. The van der Waals surface area contributed by atoms with Crippen molar-refractivity contribution in [3.8, 4) is 11.5 Å². The molecule has 0 aliphatic carbocycles. The number of carbonyl (C=O) groups excluding carboxylic acids is 2. The molecule has 1 heterocycles. The molecule has 1 aromatic rings. The van der Waals surface area contributed by atoms with Gasteiger partial charge in [-0.3, -0.25) is 9.59 Å². The highest BCUT2D eigenvalue weighted by Gasteiger charge is 2.17. The van der Waals surface area contributed by atoms with Crippen molar-refractivity contribution in [3.05, 3.63) is 23.8 Å². The number of fused-ring (bicyclic) bond motifs is 1. The molecule has 0 aromatic heterocycles. The van der Waals surface area contributed by atoms with E-state index in [9.17, 15) is 9.59 Å². The van der Waals surface area contributed by atoms with Crippen molar-refractivity contribution >= 4 is 11.7 Å². The van der Waals surface area contributed by atoms with Crippen molar-refractivity contribution in [1.29, 1.82) is 0 Å². The summed E-state index contributed by atoms with van der Waals surface area (Å²) in [6, 6.07) is 5.06. The number of rotatable bonds is 7. The summed E-state index contributed by atoms with van der Waals surface area (Å²) in [7, 11) is 0. The lowest BCUT2D eigenvalue weighted by molar-refractivity contribution is -0.131. The maximum absolute atomic E-state index is 12.2. The van der Waals surface area contributed by atoms with Crippen molar-refractivity contribution in [1.82, 2.24) is 4.90 Å². The van der Waals surface area contributed by atoms with Gasteiger partial charge in [-0.15, -0.1) is 0 Å². The Labute approximate surface area is 129 Å². The Bertz CT molecular complexity index is 543. The fourth-order valence-electron chi connectivity index (χ4n) is 2.32. The molecule has 6 heteroatoms. The van der Waals surface area contributed by atoms with Crippen LogP contribution in [-0.2, 0) is 4.79 Å². The van der Waals surface area contributed by atoms with E-state index >= 15 is 0 Å². The van der Waals surface area contributed by atoms with Crippen molar-refractivity contribution in [2.45, 2.75) is 19.8 Å². The zero-order valence-electron chi connectivity index (χ0n) is 12.7. The van der Waals surface area contributed by atoms with Crippen LogP contribution in [0.2, 0.25) is 0 Å². The van der Waals surface area contributed by atoms with Crippen LogP contribution in [0.25, 0.3) is 0 Å². The van der Waals surface area contributed by atoms with Crippen molar-refractivity contribution in [2.75, 3.05) is 32.9 Å². The van der Waals surface area contributed by atoms with E-state index in [0.29, 0.717) is 43.4 Å². The summed E-state index contributed by atoms with van der Waals surface area (Å²) < 4.78 is 10.9. The lowest BCUT2D eigenvalue weighted by atomic mass is 10.1. The molecule has 0 saturated heterocycles. The molecule has 0 bridgehead atoms. The Kier molecular flexibility index (Phi) is 5.77. The number of benzene rings is 1. The number of nitrogens with zero attached hydrogens (tertiary/aromatic N) is 1. The summed E-state index contributed by atoms with van der Waals surface area (Å²) in [5, 5.41) is 8.90. The molecule has 1 aromatic carbocycles. The lowest BCUT2D eigenvalue weighted by Crippen LogP contribution is -2.33. The number of hydrogen-bond donors (Lipinski definition) is 1. The summed E-state index contributed by atoms with van der Waals surface area (Å²) in [6.45, 7) is 3.57. The molecule has 0 unspecified atom stereocenters. The van der Waals surface area contributed by atoms with Crippen LogP contribution >= 0.6 is 0 Å². The number of ketones is 1. The molecule has 0 atom stereocenters. The number of carbonyl (C=O) groups is 2. The first-order chi connectivity index (χ1) is 10.7. The smallest absolute Gasteiger partial charge is 0.223 e. The summed E-state index contributed by atoms with van der Waals surface area (Å²) in [4.78, 5) is 25.7. The molecular formula is C16H21NO5. The van der Waals surface area contributed by atoms with Gasteiger partial charge in [0.05, 0.1) is 6.61 Å². The highest BCUT2D eigenvalue weighted by atomic mass is 16.6. The lowest BCUT2D eigenvalue weighted by Gasteiger charge is -2.20. The third-order valence-corrected chi connectivity index (χ3v) is 3.53. The maximum Gasteiger partial charge on any atom is 0.223 e. The number of likely N-dealkylation sites (N-methyl/N-ethyl adjacent to an activating group) is 1. The van der Waals surface area contributed by atoms with Gasteiger partial charge in [0.25, 0.3) is 0 Å². The third kappa shape index (κ3) is 3.98. The van der Waals surface area contributed by atoms with Crippen LogP contribution in [0.3, 0.4) is 0 Å². The van der Waals surface area contributed by atoms with E-state index in [4.69, 9.17) is 14.6 Å². The van der Waals surface area contributed by atoms with Crippen LogP contribution in [0.5, 0.6) is 11.5 Å². The fraction of sp³-hybridized carbons (Fsp3) is 0.500. The van der Waals surface area contributed by atoms with Gasteiger partial charge in [-0.1, -0.05) is 0 Å². The minimum absolute atomic E-state index is 0.0737. The maximum atomic E-state index is 12.2. The molecule has 1 aliphatic heterocycles. The largest absolute Gasteiger partial charge is 0.486 e. The number of aliphatic hydroxyl groups excluding tert-OH is 1. The third-order valence-electron chi connectivity index (χ3n) is 3.53. The Hall–Kier alpha value is -2.08. The van der Waals surface area contributed by atoms with Crippen LogP contribution in [0.15, 0.2) is 18.2 Å². The second kappa shape index (κ2) is 7.79. The van der Waals surface area contributed by atoms with Gasteiger partial charge in [0.2, 0.25) is 5.91 Å². The average Bonchev–Trinajstić information content (AvgIpc) is 2.56. The van der Waals surface area contributed by atoms with Crippen LogP contribution < -0.4 is 9.47 Å². The van der Waals surface area contributed by atoms with E-state index in [0.717, 1.165) is 0 Å². The zero-order chi connectivity index (χ0) is 15.9. The monoisotopic (exact) mass is 307 g/mol. The molecule has 1 amide bonds. The van der Waals surface area contributed by atoms with Crippen molar-refractivity contribution in [3.63, 3.8) is 0 Å². The van der Waals surface area contributed by atoms with Crippen molar-refractivity contribution in [2.24, 2.45) is 0 Å². The number of ether oxygens (including phenoxy) is 2. The Morgan fingerprint density at radius 2 is 1.91 bits per heavy atom. The number of hydrogen-bond acceptors (Lipinski definition) is 5. The number of aliphatic hydroxyl groups is 1. The van der Waals surface area contributed by atoms with E-state index in [-0.39, 0.29) is 31.1 Å². The topological polar surface area (TPSA) is 76.1 Å². The molecule has 22 heavy (non-hydrogen) atoms. The molecule has 2 rings (SSSR count). The van der Waals surface area contributed by atoms with Crippen LogP contribution in [0.4, 0.5) is 0 Å². The summed E-state index contributed by atoms with van der Waals surface area (Å²) in [6.07, 6.45) is 0.279. The number of Topliss-reactive ketones (excluding diaryl/α,β-unsaturated/α-hetero) is 1. The van der Waals surface area contributed by atoms with Crippen LogP contribution in [0.1, 0.15) is 30.1 Å². The molecule has 120 valence electrons. The zero-order valence-corrected chi connectivity index (χ0v) is 12.7. The molecule has 0 spiro atoms. The van der Waals surface area contributed by atoms with E-state index in [1.54, 1.807) is 18.2 Å². The summed E-state index contributed by atoms with van der Waals surface area (Å²) in [5.41, 5.74) is 0.516. The first-order valence-electron chi connectivity index (χ1n) is 7.47. The molecule has 1 N–H and O–H groups in total. The molecule has 1 aliphatic rings. The van der Waals surface area contributed by atoms with Gasteiger partial charge in [-0.25, -0.2) is 0 Å². The minimum atomic E-state index is -0.123. The Morgan fingerprint density at radius 3 is 2.59 bits per heavy atom. The predicted molar refractivity (Wildman–Crippen MR) is 80.3 cm³/mol. The highest BCUT2D eigenvalue weighted by Crippen LogP contribution is 2.31. The summed E-state index contributed by atoms with van der Waals surface area (Å²) >= 11 is 0. The molecule has 0 fully saturated rings. The first kappa shape index (κ1) is 16.3. The van der Waals surface area contributed by atoms with Gasteiger partial charge in [-0.05, 0) is 25.1 Å². The van der Waals surface area contributed by atoms with Crippen LogP contribution in [0, 0.1) is 0 Å².